The van der Waals surface area contributed by atoms with Gasteiger partial charge in [0.25, 0.3) is 0 Å². The molecule has 0 aromatic carbocycles. The van der Waals surface area contributed by atoms with Crippen LogP contribution in [0.5, 0.6) is 0 Å². The Morgan fingerprint density at radius 1 is 0.745 bits per heavy atom. The number of nitrogens with zero attached hydrogens (tertiary/aromatic N) is 1. The zero-order valence-corrected chi connectivity index (χ0v) is 39.0. The van der Waals surface area contributed by atoms with Crippen LogP contribution in [-0.4, -0.2) is 143 Å². The van der Waals surface area contributed by atoms with Crippen molar-refractivity contribution in [2.45, 2.75) is 98.7 Å². The summed E-state index contributed by atoms with van der Waals surface area (Å²) in [4.78, 5) is 71.6. The smallest absolute Gasteiger partial charge is 0.234 e. The summed E-state index contributed by atoms with van der Waals surface area (Å²) in [6.07, 6.45) is 9.04. The lowest BCUT2D eigenvalue weighted by molar-refractivity contribution is -0.143. The zero-order valence-electron chi connectivity index (χ0n) is 36.5. The molecule has 1 saturated heterocycles. The number of hydrogen-bond donors (Lipinski definition) is 3. The van der Waals surface area contributed by atoms with Crippen molar-refractivity contribution in [2.75, 3.05) is 98.0 Å². The van der Waals surface area contributed by atoms with Gasteiger partial charge in [-0.1, -0.05) is 48.0 Å². The number of imide groups is 1. The van der Waals surface area contributed by atoms with Crippen LogP contribution in [0, 0.1) is 17.8 Å². The maximum absolute atomic E-state index is 12.5. The largest absolute Gasteiger partial charge is 0.379 e. The highest BCUT2D eigenvalue weighted by molar-refractivity contribution is 8.00. The Hall–Kier alpha value is -1.37. The van der Waals surface area contributed by atoms with Gasteiger partial charge in [0.2, 0.25) is 11.8 Å². The average molecular weight is 846 g/mol. The summed E-state index contributed by atoms with van der Waals surface area (Å²) in [5.74, 6) is -0.0447. The van der Waals surface area contributed by atoms with Gasteiger partial charge in [-0.05, 0) is 59.6 Å². The fourth-order valence-corrected chi connectivity index (χ4v) is 4.82. The fraction of sp³-hybridized carbons (Fsp3) is 0.846. The predicted octanol–water partition coefficient (Wildman–Crippen LogP) is 5.18. The molecule has 0 spiro atoms. The van der Waals surface area contributed by atoms with E-state index in [4.69, 9.17) is 18.9 Å². The molecular weight excluding hydrogens is 767 g/mol. The molecule has 0 radical (unpaired) electrons. The number of amides is 2. The van der Waals surface area contributed by atoms with Crippen LogP contribution in [0.4, 0.5) is 0 Å². The number of ketones is 4. The summed E-state index contributed by atoms with van der Waals surface area (Å²) in [5, 5.41) is 0. The summed E-state index contributed by atoms with van der Waals surface area (Å²) < 4.78 is 20.7. The third-order valence-corrected chi connectivity index (χ3v) is 9.21. The molecule has 0 bridgehead atoms. The van der Waals surface area contributed by atoms with Gasteiger partial charge in [0.1, 0.15) is 19.0 Å². The molecule has 0 aliphatic carbocycles. The van der Waals surface area contributed by atoms with Gasteiger partial charge in [0, 0.05) is 49.1 Å². The molecule has 1 unspecified atom stereocenters. The monoisotopic (exact) mass is 845 g/mol. The lowest BCUT2D eigenvalue weighted by Gasteiger charge is -2.27. The molecule has 16 heteroatoms. The summed E-state index contributed by atoms with van der Waals surface area (Å²) >= 11 is 6.62. The Labute approximate surface area is 348 Å². The molecule has 13 nitrogen and oxygen atoms in total. The minimum Gasteiger partial charge on any atom is -0.379 e. The fourth-order valence-electron chi connectivity index (χ4n) is 3.88. The first-order valence-electron chi connectivity index (χ1n) is 19.0. The highest BCUT2D eigenvalue weighted by atomic mass is 32.2. The number of carbonyl (C=O) groups excluding carboxylic acids is 6. The predicted molar refractivity (Wildman–Crippen MR) is 233 cm³/mol. The average Bonchev–Trinajstić information content (AvgIpc) is 3.45. The van der Waals surface area contributed by atoms with Gasteiger partial charge in [-0.25, -0.2) is 0 Å². The number of thiol groups is 1. The van der Waals surface area contributed by atoms with Crippen LogP contribution in [0.3, 0.4) is 0 Å². The molecule has 0 aromatic rings. The van der Waals surface area contributed by atoms with E-state index in [0.717, 1.165) is 11.3 Å². The van der Waals surface area contributed by atoms with Gasteiger partial charge in [0.05, 0.1) is 44.6 Å². The van der Waals surface area contributed by atoms with Crippen LogP contribution >= 0.6 is 36.2 Å². The highest BCUT2D eigenvalue weighted by Crippen LogP contribution is 2.37. The topological polar surface area (TPSA) is 195 Å². The van der Waals surface area contributed by atoms with Crippen LogP contribution in [0.25, 0.3) is 0 Å². The van der Waals surface area contributed by atoms with Crippen LogP contribution in [0.1, 0.15) is 93.9 Å². The molecule has 0 saturated carbocycles. The molecule has 1 rings (SSSR count). The van der Waals surface area contributed by atoms with Crippen LogP contribution in [0.2, 0.25) is 0 Å². The lowest BCUT2D eigenvalue weighted by Crippen LogP contribution is -2.39. The maximum Gasteiger partial charge on any atom is 0.234 e. The van der Waals surface area contributed by atoms with Crippen molar-refractivity contribution in [3.8, 4) is 0 Å². The molecular formula is C39H79N3O10S3. The van der Waals surface area contributed by atoms with Crippen LogP contribution < -0.4 is 11.5 Å². The van der Waals surface area contributed by atoms with Crippen molar-refractivity contribution < 1.29 is 47.7 Å². The SMILES string of the molecule is CCC.CN.CN.CS.CSC(C)(C)C1CC(=O)N(CC(=O)CCCOCCOCC(=O)C(C)C)C1=O.CSCC(=O)CCCOCCOCC(=O)C(C)C. The summed E-state index contributed by atoms with van der Waals surface area (Å²) in [5.41, 5.74) is 9.00. The molecule has 0 aromatic heterocycles. The van der Waals surface area contributed by atoms with Gasteiger partial charge in [-0.2, -0.15) is 36.2 Å². The second-order valence-corrected chi connectivity index (χ2v) is 15.2. The van der Waals surface area contributed by atoms with E-state index < -0.39 is 0 Å². The Bertz CT molecular complexity index is 987. The summed E-state index contributed by atoms with van der Waals surface area (Å²) in [7, 11) is 3.00. The van der Waals surface area contributed by atoms with Crippen LogP contribution in [-0.2, 0) is 47.7 Å². The molecule has 328 valence electrons. The minimum absolute atomic E-state index is 0.0216. The van der Waals surface area contributed by atoms with E-state index >= 15 is 0 Å². The number of Topliss-reactive ketones (excluding diaryl/α,β-unsaturated/α-hetero) is 4. The third kappa shape index (κ3) is 36.7. The van der Waals surface area contributed by atoms with Gasteiger partial charge < -0.3 is 30.4 Å². The van der Waals surface area contributed by atoms with Crippen molar-refractivity contribution in [3.63, 3.8) is 0 Å². The number of nitrogens with two attached hydrogens (primary N) is 2. The van der Waals surface area contributed by atoms with E-state index in [1.807, 2.05) is 54.1 Å². The summed E-state index contributed by atoms with van der Waals surface area (Å²) in [6, 6.07) is 0. The number of likely N-dealkylation sites (tertiary alicyclic amines) is 1. The number of hydrogen-bond acceptors (Lipinski definition) is 15. The summed E-state index contributed by atoms with van der Waals surface area (Å²) in [6.45, 7) is 18.1. The van der Waals surface area contributed by atoms with Gasteiger partial charge in [0.15, 0.2) is 17.3 Å². The molecule has 1 aliphatic heterocycles. The second-order valence-electron chi connectivity index (χ2n) is 12.9. The van der Waals surface area contributed by atoms with Crippen molar-refractivity contribution in [3.05, 3.63) is 0 Å². The molecule has 1 aliphatic rings. The normalized spacial score (nSPS) is 13.2. The number of ether oxygens (including phenoxy) is 4. The van der Waals surface area contributed by atoms with E-state index in [1.165, 1.54) is 20.5 Å². The highest BCUT2D eigenvalue weighted by Gasteiger charge is 2.46. The Morgan fingerprint density at radius 2 is 1.13 bits per heavy atom. The molecule has 2 amide bonds. The first-order chi connectivity index (χ1) is 26.1. The first kappa shape index (κ1) is 62.8. The zero-order chi connectivity index (χ0) is 43.8. The Balaban J connectivity index is -0.000000265. The maximum atomic E-state index is 12.5. The Kier molecular flexibility index (Phi) is 50.0. The quantitative estimate of drug-likeness (QED) is 0.0586. The van der Waals surface area contributed by atoms with E-state index in [9.17, 15) is 28.8 Å². The lowest BCUT2D eigenvalue weighted by atomic mass is 9.93. The van der Waals surface area contributed by atoms with Gasteiger partial charge in [-0.15, -0.1) is 0 Å². The Morgan fingerprint density at radius 3 is 1.49 bits per heavy atom. The van der Waals surface area contributed by atoms with Crippen LogP contribution in [0.15, 0.2) is 0 Å². The number of carbonyl (C=O) groups is 6. The minimum atomic E-state index is -0.381. The van der Waals surface area contributed by atoms with Crippen molar-refractivity contribution in [1.29, 1.82) is 0 Å². The number of rotatable bonds is 26. The third-order valence-electron chi connectivity index (χ3n) is 7.26. The van der Waals surface area contributed by atoms with Gasteiger partial charge in [-0.3, -0.25) is 33.7 Å². The number of thioether (sulfide) groups is 2. The van der Waals surface area contributed by atoms with Crippen molar-refractivity contribution >= 4 is 71.1 Å². The van der Waals surface area contributed by atoms with E-state index in [1.54, 1.807) is 29.8 Å². The van der Waals surface area contributed by atoms with E-state index in [0.29, 0.717) is 58.2 Å². The molecule has 55 heavy (non-hydrogen) atoms. The van der Waals surface area contributed by atoms with Crippen molar-refractivity contribution in [2.24, 2.45) is 29.2 Å². The van der Waals surface area contributed by atoms with E-state index in [2.05, 4.69) is 37.9 Å². The van der Waals surface area contributed by atoms with Gasteiger partial charge >= 0.3 is 0 Å². The molecule has 1 fully saturated rings. The molecule has 1 heterocycles. The standard InChI is InChI=1S/C20H33NO6S.C13H24O4S.C3H8.2CH5N.CH4S/c1-14(2)17(23)13-27-10-9-26-8-6-7-15(22)12-21-18(24)11-16(19(21)25)20(3,4)28-5;1-11(2)13(15)9-17-8-7-16-6-4-5-12(14)10-18-3;1-3-2;3*1-2/h14,16H,6-13H2,1-5H3;11H,4-10H2,1-3H3;3H2,1-2H3;2*2H2,1H3;2H,1H3. The van der Waals surface area contributed by atoms with Crippen molar-refractivity contribution in [1.82, 2.24) is 4.90 Å². The molecule has 1 atom stereocenters. The first-order valence-corrected chi connectivity index (χ1v) is 22.5. The second kappa shape index (κ2) is 43.7. The molecule has 4 N–H and O–H groups in total. The van der Waals surface area contributed by atoms with E-state index in [-0.39, 0.29) is 90.0 Å².